The van der Waals surface area contributed by atoms with Crippen LogP contribution in [-0.2, 0) is 20.9 Å². The molecule has 0 aromatic carbocycles. The molecule has 1 heterocycles. The number of ether oxygens (including phenoxy) is 1. The Kier molecular flexibility index (Phi) is 5.68. The molecule has 20 heavy (non-hydrogen) atoms. The number of aryl methyl sites for hydroxylation is 1. The number of esters is 1. The van der Waals surface area contributed by atoms with Crippen molar-refractivity contribution >= 4 is 23.2 Å². The minimum Gasteiger partial charge on any atom is -0.460 e. The van der Waals surface area contributed by atoms with E-state index in [4.69, 9.17) is 4.74 Å². The molecule has 0 aliphatic carbocycles. The van der Waals surface area contributed by atoms with Gasteiger partial charge >= 0.3 is 5.97 Å². The summed E-state index contributed by atoms with van der Waals surface area (Å²) in [5, 5.41) is 2.92. The van der Waals surface area contributed by atoms with E-state index < -0.39 is 5.60 Å². The molecule has 1 amide bonds. The Balaban J connectivity index is 2.37. The first-order valence-electron chi connectivity index (χ1n) is 6.54. The number of aromatic nitrogens is 1. The minimum absolute atomic E-state index is 0.0819. The molecule has 0 atom stereocenters. The smallest absolute Gasteiger partial charge is 0.306 e. The fraction of sp³-hybridized carbons (Fsp3) is 0.643. The molecule has 0 aliphatic heterocycles. The Hall–Kier alpha value is -1.43. The Labute approximate surface area is 124 Å². The summed E-state index contributed by atoms with van der Waals surface area (Å²) >= 11 is 1.56. The molecule has 5 nitrogen and oxygen atoms in total. The van der Waals surface area contributed by atoms with Crippen LogP contribution < -0.4 is 0 Å². The summed E-state index contributed by atoms with van der Waals surface area (Å²) in [6, 6.07) is 0. The van der Waals surface area contributed by atoms with Crippen molar-refractivity contribution in [3.8, 4) is 0 Å². The van der Waals surface area contributed by atoms with E-state index in [0.29, 0.717) is 6.54 Å². The molecule has 1 aromatic heterocycles. The maximum absolute atomic E-state index is 11.9. The third-order valence-corrected chi connectivity index (χ3v) is 3.28. The van der Waals surface area contributed by atoms with Gasteiger partial charge in [0.25, 0.3) is 0 Å². The number of hydrogen-bond acceptors (Lipinski definition) is 5. The second-order valence-electron chi connectivity index (χ2n) is 5.69. The highest BCUT2D eigenvalue weighted by atomic mass is 32.1. The molecule has 1 rings (SSSR count). The SMILES string of the molecule is Cc1nc(CN(C)C(=O)CCC(=O)OC(C)(C)C)cs1. The molecule has 0 bridgehead atoms. The average Bonchev–Trinajstić information content (AvgIpc) is 2.69. The number of carbonyl (C=O) groups is 2. The predicted molar refractivity (Wildman–Crippen MR) is 78.4 cm³/mol. The fourth-order valence-corrected chi connectivity index (χ4v) is 2.21. The van der Waals surface area contributed by atoms with Crippen LogP contribution >= 0.6 is 11.3 Å². The normalized spacial score (nSPS) is 11.2. The lowest BCUT2D eigenvalue weighted by atomic mass is 10.2. The molecule has 0 aliphatic rings. The van der Waals surface area contributed by atoms with E-state index in [2.05, 4.69) is 4.98 Å². The van der Waals surface area contributed by atoms with E-state index in [0.717, 1.165) is 10.7 Å². The molecule has 0 unspecified atom stereocenters. The highest BCUT2D eigenvalue weighted by Gasteiger charge is 2.18. The van der Waals surface area contributed by atoms with Crippen LogP contribution in [0.3, 0.4) is 0 Å². The first-order valence-corrected chi connectivity index (χ1v) is 7.42. The van der Waals surface area contributed by atoms with Gasteiger partial charge < -0.3 is 9.64 Å². The van der Waals surface area contributed by atoms with Gasteiger partial charge in [0.05, 0.1) is 23.7 Å². The monoisotopic (exact) mass is 298 g/mol. The van der Waals surface area contributed by atoms with Gasteiger partial charge in [-0.25, -0.2) is 4.98 Å². The van der Waals surface area contributed by atoms with Gasteiger partial charge in [-0.3, -0.25) is 9.59 Å². The van der Waals surface area contributed by atoms with Gasteiger partial charge in [-0.1, -0.05) is 0 Å². The summed E-state index contributed by atoms with van der Waals surface area (Å²) in [7, 11) is 1.71. The van der Waals surface area contributed by atoms with Gasteiger partial charge in [0.2, 0.25) is 5.91 Å². The van der Waals surface area contributed by atoms with Crippen LogP contribution in [0, 0.1) is 6.92 Å². The lowest BCUT2D eigenvalue weighted by Crippen LogP contribution is -2.28. The number of carbonyl (C=O) groups excluding carboxylic acids is 2. The maximum Gasteiger partial charge on any atom is 0.306 e. The van der Waals surface area contributed by atoms with E-state index in [1.165, 1.54) is 0 Å². The Morgan fingerprint density at radius 1 is 1.35 bits per heavy atom. The summed E-state index contributed by atoms with van der Waals surface area (Å²) in [6.45, 7) is 7.83. The quantitative estimate of drug-likeness (QED) is 0.784. The minimum atomic E-state index is -0.510. The second kappa shape index (κ2) is 6.83. The Morgan fingerprint density at radius 3 is 2.50 bits per heavy atom. The van der Waals surface area contributed by atoms with Crippen LogP contribution in [0.15, 0.2) is 5.38 Å². The van der Waals surface area contributed by atoms with Crippen molar-refractivity contribution in [2.24, 2.45) is 0 Å². The number of hydrogen-bond donors (Lipinski definition) is 0. The second-order valence-corrected chi connectivity index (χ2v) is 6.76. The number of nitrogens with zero attached hydrogens (tertiary/aromatic N) is 2. The molecule has 0 N–H and O–H groups in total. The van der Waals surface area contributed by atoms with Gasteiger partial charge in [0.15, 0.2) is 0 Å². The van der Waals surface area contributed by atoms with Crippen molar-refractivity contribution in [1.29, 1.82) is 0 Å². The molecular weight excluding hydrogens is 276 g/mol. The summed E-state index contributed by atoms with van der Waals surface area (Å²) in [5.74, 6) is -0.426. The molecule has 112 valence electrons. The maximum atomic E-state index is 11.9. The molecule has 0 radical (unpaired) electrons. The highest BCUT2D eigenvalue weighted by Crippen LogP contribution is 2.12. The highest BCUT2D eigenvalue weighted by molar-refractivity contribution is 7.09. The van der Waals surface area contributed by atoms with E-state index in [1.807, 2.05) is 33.1 Å². The van der Waals surface area contributed by atoms with E-state index in [1.54, 1.807) is 23.3 Å². The van der Waals surface area contributed by atoms with Gasteiger partial charge in [-0.15, -0.1) is 11.3 Å². The van der Waals surface area contributed by atoms with Crippen LogP contribution in [0.2, 0.25) is 0 Å². The molecular formula is C14H22N2O3S. The molecule has 0 spiro atoms. The predicted octanol–water partition coefficient (Wildman–Crippen LogP) is 2.53. The topological polar surface area (TPSA) is 59.5 Å². The average molecular weight is 298 g/mol. The van der Waals surface area contributed by atoms with Crippen molar-refractivity contribution in [2.45, 2.75) is 52.7 Å². The summed E-state index contributed by atoms with van der Waals surface area (Å²) < 4.78 is 5.17. The van der Waals surface area contributed by atoms with Gasteiger partial charge in [-0.05, 0) is 27.7 Å². The third kappa shape index (κ3) is 6.14. The van der Waals surface area contributed by atoms with Gasteiger partial charge in [0, 0.05) is 18.8 Å². The summed E-state index contributed by atoms with van der Waals surface area (Å²) in [5.41, 5.74) is 0.366. The zero-order chi connectivity index (χ0) is 15.3. The zero-order valence-corrected chi connectivity index (χ0v) is 13.5. The van der Waals surface area contributed by atoms with Crippen molar-refractivity contribution in [3.05, 3.63) is 16.1 Å². The largest absolute Gasteiger partial charge is 0.460 e. The summed E-state index contributed by atoms with van der Waals surface area (Å²) in [6.07, 6.45) is 0.269. The number of thiazole rings is 1. The van der Waals surface area contributed by atoms with Crippen molar-refractivity contribution in [1.82, 2.24) is 9.88 Å². The first kappa shape index (κ1) is 16.6. The van der Waals surface area contributed by atoms with E-state index in [-0.39, 0.29) is 24.7 Å². The Morgan fingerprint density at radius 2 is 2.00 bits per heavy atom. The molecule has 0 saturated heterocycles. The van der Waals surface area contributed by atoms with Crippen LogP contribution in [0.5, 0.6) is 0 Å². The van der Waals surface area contributed by atoms with Crippen LogP contribution in [0.1, 0.15) is 44.3 Å². The molecule has 6 heteroatoms. The fourth-order valence-electron chi connectivity index (χ4n) is 1.60. The number of rotatable bonds is 5. The molecule has 0 fully saturated rings. The Bertz CT molecular complexity index is 477. The van der Waals surface area contributed by atoms with Crippen molar-refractivity contribution in [2.75, 3.05) is 7.05 Å². The molecule has 0 saturated carbocycles. The van der Waals surface area contributed by atoms with Crippen LogP contribution in [-0.4, -0.2) is 34.4 Å². The zero-order valence-electron chi connectivity index (χ0n) is 12.7. The summed E-state index contributed by atoms with van der Waals surface area (Å²) in [4.78, 5) is 29.4. The first-order chi connectivity index (χ1) is 9.17. The van der Waals surface area contributed by atoms with Gasteiger partial charge in [0.1, 0.15) is 5.60 Å². The third-order valence-electron chi connectivity index (χ3n) is 2.45. The van der Waals surface area contributed by atoms with Crippen molar-refractivity contribution in [3.63, 3.8) is 0 Å². The lowest BCUT2D eigenvalue weighted by molar-refractivity contribution is -0.156. The lowest BCUT2D eigenvalue weighted by Gasteiger charge is -2.20. The van der Waals surface area contributed by atoms with Crippen LogP contribution in [0.25, 0.3) is 0 Å². The van der Waals surface area contributed by atoms with E-state index >= 15 is 0 Å². The van der Waals surface area contributed by atoms with Gasteiger partial charge in [-0.2, -0.15) is 0 Å². The van der Waals surface area contributed by atoms with Crippen LogP contribution in [0.4, 0.5) is 0 Å². The number of amides is 1. The van der Waals surface area contributed by atoms with Crippen molar-refractivity contribution < 1.29 is 14.3 Å². The van der Waals surface area contributed by atoms with E-state index in [9.17, 15) is 9.59 Å². The molecule has 1 aromatic rings. The standard InChI is InChI=1S/C14H22N2O3S/c1-10-15-11(9-20-10)8-16(5)12(17)6-7-13(18)19-14(2,3)4/h9H,6-8H2,1-5H3.